The number of carbonyl (C=O) groups is 4. The van der Waals surface area contributed by atoms with E-state index in [0.717, 1.165) is 11.1 Å². The first-order valence-corrected chi connectivity index (χ1v) is 13.7. The van der Waals surface area contributed by atoms with E-state index < -0.39 is 35.9 Å². The van der Waals surface area contributed by atoms with E-state index in [2.05, 4.69) is 10.6 Å². The summed E-state index contributed by atoms with van der Waals surface area (Å²) >= 11 is 0. The summed E-state index contributed by atoms with van der Waals surface area (Å²) in [5, 5.41) is 6.01. The molecule has 0 aliphatic carbocycles. The van der Waals surface area contributed by atoms with Gasteiger partial charge >= 0.3 is 5.97 Å². The van der Waals surface area contributed by atoms with Gasteiger partial charge in [-0.3, -0.25) is 19.2 Å². The molecule has 2 saturated heterocycles. The Morgan fingerprint density at radius 1 is 0.974 bits per heavy atom. The molecule has 9 heteroatoms. The summed E-state index contributed by atoms with van der Waals surface area (Å²) in [5.41, 5.74) is 7.82. The maximum Gasteiger partial charge on any atom is 0.302 e. The average molecular weight is 535 g/mol. The van der Waals surface area contributed by atoms with Crippen LogP contribution in [0.1, 0.15) is 63.1 Å². The van der Waals surface area contributed by atoms with Crippen LogP contribution in [0.25, 0.3) is 0 Å². The number of hydrogen-bond donors (Lipinski definition) is 3. The summed E-state index contributed by atoms with van der Waals surface area (Å²) in [4.78, 5) is 53.8. The first-order valence-electron chi connectivity index (χ1n) is 13.7. The molecule has 2 aliphatic rings. The first kappa shape index (κ1) is 28.3. The lowest BCUT2D eigenvalue weighted by atomic mass is 9.93. The second-order valence-electron chi connectivity index (χ2n) is 10.4. The molecule has 39 heavy (non-hydrogen) atoms. The second-order valence-corrected chi connectivity index (χ2v) is 10.4. The van der Waals surface area contributed by atoms with Crippen molar-refractivity contribution in [2.24, 2.45) is 11.7 Å². The van der Waals surface area contributed by atoms with Gasteiger partial charge in [-0.25, -0.2) is 0 Å². The third kappa shape index (κ3) is 6.65. The summed E-state index contributed by atoms with van der Waals surface area (Å²) in [5.74, 6) is -1.87. The van der Waals surface area contributed by atoms with E-state index >= 15 is 0 Å². The van der Waals surface area contributed by atoms with Gasteiger partial charge in [0.1, 0.15) is 12.1 Å². The number of nitrogens with one attached hydrogen (secondary N) is 2. The Balaban J connectivity index is 1.59. The molecule has 208 valence electrons. The number of carbonyl (C=O) groups excluding carboxylic acids is 4. The lowest BCUT2D eigenvalue weighted by molar-refractivity contribution is -0.147. The van der Waals surface area contributed by atoms with Crippen molar-refractivity contribution in [3.63, 3.8) is 0 Å². The molecule has 0 bridgehead atoms. The predicted octanol–water partition coefficient (Wildman–Crippen LogP) is 2.45. The summed E-state index contributed by atoms with van der Waals surface area (Å²) in [6.45, 7) is 3.12. The summed E-state index contributed by atoms with van der Waals surface area (Å²) in [7, 11) is 0. The minimum Gasteiger partial charge on any atom is -0.465 e. The number of benzene rings is 2. The van der Waals surface area contributed by atoms with Gasteiger partial charge in [0.2, 0.25) is 17.7 Å². The molecule has 0 saturated carbocycles. The van der Waals surface area contributed by atoms with E-state index in [0.29, 0.717) is 32.1 Å². The van der Waals surface area contributed by atoms with E-state index in [9.17, 15) is 19.2 Å². The molecule has 4 N–H and O–H groups in total. The van der Waals surface area contributed by atoms with Gasteiger partial charge in [0.05, 0.1) is 18.7 Å². The standard InChI is InChI=1S/C30H38N4O5/c1-3-24(31)28(36)33-27-22(18-39-19(2)35)14-15-23-16-17-25(34(23)30(27)38)29(37)32-26(20-10-6-4-7-11-20)21-12-8-5-9-13-21/h4-13,22-27H,3,14-18,31H2,1-2H3,(H,32,37)(H,33,36). The molecular weight excluding hydrogens is 496 g/mol. The molecule has 0 aromatic heterocycles. The Bertz CT molecular complexity index is 1120. The molecule has 4 rings (SSSR count). The third-order valence-electron chi connectivity index (χ3n) is 7.80. The highest BCUT2D eigenvalue weighted by atomic mass is 16.5. The largest absolute Gasteiger partial charge is 0.465 e. The SMILES string of the molecule is CCC(N)C(=O)NC1C(=O)N2C(CCC1COC(C)=O)CCC2C(=O)NC(c1ccccc1)c1ccccc1. The quantitative estimate of drug-likeness (QED) is 0.424. The van der Waals surface area contributed by atoms with Gasteiger partial charge in [0.15, 0.2) is 0 Å². The Morgan fingerprint density at radius 2 is 1.56 bits per heavy atom. The number of fused-ring (bicyclic) bond motifs is 1. The van der Waals surface area contributed by atoms with Crippen molar-refractivity contribution in [2.75, 3.05) is 6.61 Å². The van der Waals surface area contributed by atoms with Crippen molar-refractivity contribution in [3.05, 3.63) is 71.8 Å². The van der Waals surface area contributed by atoms with Gasteiger partial charge in [-0.1, -0.05) is 67.6 Å². The zero-order valence-electron chi connectivity index (χ0n) is 22.5. The van der Waals surface area contributed by atoms with Gasteiger partial charge in [0.25, 0.3) is 0 Å². The Hall–Kier alpha value is -3.72. The highest BCUT2D eigenvalue weighted by molar-refractivity contribution is 5.94. The molecule has 0 radical (unpaired) electrons. The second kappa shape index (κ2) is 12.9. The predicted molar refractivity (Wildman–Crippen MR) is 146 cm³/mol. The Morgan fingerprint density at radius 3 is 2.13 bits per heavy atom. The van der Waals surface area contributed by atoms with Crippen LogP contribution in [0.15, 0.2) is 60.7 Å². The molecule has 2 aromatic carbocycles. The monoisotopic (exact) mass is 534 g/mol. The molecule has 5 atom stereocenters. The summed E-state index contributed by atoms with van der Waals surface area (Å²) in [6.07, 6.45) is 2.84. The van der Waals surface area contributed by atoms with Crippen LogP contribution < -0.4 is 16.4 Å². The highest BCUT2D eigenvalue weighted by Gasteiger charge is 2.48. The topological polar surface area (TPSA) is 131 Å². The van der Waals surface area contributed by atoms with Gasteiger partial charge in [-0.2, -0.15) is 0 Å². The Labute approximate surface area is 229 Å². The molecular formula is C30H38N4O5. The average Bonchev–Trinajstić information content (AvgIpc) is 3.33. The minimum atomic E-state index is -0.938. The zero-order valence-corrected chi connectivity index (χ0v) is 22.5. The van der Waals surface area contributed by atoms with E-state index in [1.165, 1.54) is 6.92 Å². The first-order chi connectivity index (χ1) is 18.8. The number of nitrogens with zero attached hydrogens (tertiary/aromatic N) is 1. The molecule has 3 amide bonds. The maximum atomic E-state index is 14.0. The molecule has 9 nitrogen and oxygen atoms in total. The fraction of sp³-hybridized carbons (Fsp3) is 0.467. The minimum absolute atomic E-state index is 0.00882. The van der Waals surface area contributed by atoms with E-state index in [1.54, 1.807) is 11.8 Å². The van der Waals surface area contributed by atoms with Crippen molar-refractivity contribution < 1.29 is 23.9 Å². The highest BCUT2D eigenvalue weighted by Crippen LogP contribution is 2.35. The van der Waals surface area contributed by atoms with Gasteiger partial charge in [-0.15, -0.1) is 0 Å². The smallest absolute Gasteiger partial charge is 0.302 e. The van der Waals surface area contributed by atoms with Gasteiger partial charge < -0.3 is 26.0 Å². The third-order valence-corrected chi connectivity index (χ3v) is 7.80. The van der Waals surface area contributed by atoms with E-state index in [-0.39, 0.29) is 30.5 Å². The lowest BCUT2D eigenvalue weighted by Crippen LogP contribution is -2.58. The number of amides is 3. The normalized spacial score (nSPS) is 23.5. The zero-order chi connectivity index (χ0) is 27.9. The summed E-state index contributed by atoms with van der Waals surface area (Å²) < 4.78 is 5.26. The number of esters is 1. The summed E-state index contributed by atoms with van der Waals surface area (Å²) in [6, 6.07) is 16.5. The molecule has 2 heterocycles. The number of hydrogen-bond acceptors (Lipinski definition) is 6. The molecule has 2 fully saturated rings. The fourth-order valence-corrected chi connectivity index (χ4v) is 5.61. The molecule has 5 unspecified atom stereocenters. The van der Waals surface area contributed by atoms with Crippen LogP contribution in [0, 0.1) is 5.92 Å². The molecule has 2 aromatic rings. The molecule has 0 spiro atoms. The Kier molecular flexibility index (Phi) is 9.35. The van der Waals surface area contributed by atoms with Crippen LogP contribution in [0.5, 0.6) is 0 Å². The fourth-order valence-electron chi connectivity index (χ4n) is 5.61. The van der Waals surface area contributed by atoms with Crippen LogP contribution >= 0.6 is 0 Å². The van der Waals surface area contributed by atoms with Crippen LogP contribution in [0.2, 0.25) is 0 Å². The maximum absolute atomic E-state index is 14.0. The van der Waals surface area contributed by atoms with E-state index in [1.807, 2.05) is 60.7 Å². The lowest BCUT2D eigenvalue weighted by Gasteiger charge is -2.33. The van der Waals surface area contributed by atoms with Gasteiger partial charge in [-0.05, 0) is 43.2 Å². The van der Waals surface area contributed by atoms with Crippen LogP contribution in [-0.4, -0.2) is 59.4 Å². The van der Waals surface area contributed by atoms with Crippen molar-refractivity contribution in [1.82, 2.24) is 15.5 Å². The van der Waals surface area contributed by atoms with Crippen molar-refractivity contribution in [3.8, 4) is 0 Å². The van der Waals surface area contributed by atoms with Gasteiger partial charge in [0, 0.05) is 18.9 Å². The number of rotatable bonds is 9. The van der Waals surface area contributed by atoms with Crippen molar-refractivity contribution >= 4 is 23.7 Å². The number of nitrogens with two attached hydrogens (primary N) is 1. The van der Waals surface area contributed by atoms with Crippen LogP contribution in [0.3, 0.4) is 0 Å². The van der Waals surface area contributed by atoms with E-state index in [4.69, 9.17) is 10.5 Å². The molecule has 2 aliphatic heterocycles. The number of ether oxygens (including phenoxy) is 1. The van der Waals surface area contributed by atoms with Crippen molar-refractivity contribution in [1.29, 1.82) is 0 Å². The van der Waals surface area contributed by atoms with Crippen LogP contribution in [0.4, 0.5) is 0 Å². The van der Waals surface area contributed by atoms with Crippen molar-refractivity contribution in [2.45, 2.75) is 76.2 Å². The van der Waals surface area contributed by atoms with Crippen LogP contribution in [-0.2, 0) is 23.9 Å².